The predicted octanol–water partition coefficient (Wildman–Crippen LogP) is 4.15. The Labute approximate surface area is 187 Å². The lowest BCUT2D eigenvalue weighted by atomic mass is 9.93. The van der Waals surface area contributed by atoms with Crippen molar-refractivity contribution in [1.29, 1.82) is 0 Å². The van der Waals surface area contributed by atoms with Crippen LogP contribution in [0.4, 0.5) is 5.82 Å². The van der Waals surface area contributed by atoms with Gasteiger partial charge < -0.3 is 10.3 Å². The zero-order valence-electron chi connectivity index (χ0n) is 18.7. The molecular weight excluding hydrogens is 400 g/mol. The molecule has 1 unspecified atom stereocenters. The third-order valence-corrected chi connectivity index (χ3v) is 7.56. The van der Waals surface area contributed by atoms with Gasteiger partial charge in [0.1, 0.15) is 11.6 Å². The third kappa shape index (κ3) is 3.24. The van der Waals surface area contributed by atoms with Crippen molar-refractivity contribution in [2.24, 2.45) is 5.92 Å². The molecule has 0 radical (unpaired) electrons. The highest BCUT2D eigenvalue weighted by Crippen LogP contribution is 2.42. The Bertz CT molecular complexity index is 1230. The number of aromatic nitrogens is 6. The lowest BCUT2D eigenvalue weighted by Crippen LogP contribution is -2.19. The molecule has 4 aromatic rings. The summed E-state index contributed by atoms with van der Waals surface area (Å²) in [6, 6.07) is 7.34. The van der Waals surface area contributed by atoms with Crippen LogP contribution < -0.4 is 5.32 Å². The fourth-order valence-corrected chi connectivity index (χ4v) is 5.88. The molecule has 4 aromatic heterocycles. The minimum atomic E-state index is 0.361. The first-order valence-corrected chi connectivity index (χ1v) is 11.8. The Balaban J connectivity index is 1.23. The SMILES string of the molecule is CC[C@H]1CC(Nc2ccc([C@@H]3CCCN3C)cn2)C[C@H]1c1nnc2cnc3[nH]ccc3n12. The number of H-pyrrole nitrogens is 1. The van der Waals surface area contributed by atoms with Gasteiger partial charge in [0.05, 0.1) is 11.7 Å². The lowest BCUT2D eigenvalue weighted by Gasteiger charge is -2.20. The van der Waals surface area contributed by atoms with Crippen LogP contribution in [0.3, 0.4) is 0 Å². The second kappa shape index (κ2) is 7.85. The van der Waals surface area contributed by atoms with Gasteiger partial charge in [-0.25, -0.2) is 9.97 Å². The zero-order chi connectivity index (χ0) is 21.7. The number of hydrogen-bond donors (Lipinski definition) is 2. The molecule has 4 atom stereocenters. The van der Waals surface area contributed by atoms with E-state index in [0.717, 1.165) is 47.7 Å². The fraction of sp³-hybridized carbons (Fsp3) is 0.500. The highest BCUT2D eigenvalue weighted by Gasteiger charge is 2.37. The van der Waals surface area contributed by atoms with E-state index in [-0.39, 0.29) is 0 Å². The minimum absolute atomic E-state index is 0.361. The van der Waals surface area contributed by atoms with Gasteiger partial charge in [-0.15, -0.1) is 10.2 Å². The van der Waals surface area contributed by atoms with Gasteiger partial charge in [0.25, 0.3) is 0 Å². The highest BCUT2D eigenvalue weighted by atomic mass is 15.3. The molecule has 2 N–H and O–H groups in total. The summed E-state index contributed by atoms with van der Waals surface area (Å²) in [5.74, 6) is 2.95. The van der Waals surface area contributed by atoms with Crippen molar-refractivity contribution >= 4 is 22.6 Å². The molecule has 6 rings (SSSR count). The molecule has 1 saturated heterocycles. The van der Waals surface area contributed by atoms with E-state index in [0.29, 0.717) is 23.9 Å². The topological polar surface area (TPSA) is 87.0 Å². The Hall–Kier alpha value is -3.00. The summed E-state index contributed by atoms with van der Waals surface area (Å²) < 4.78 is 2.18. The maximum absolute atomic E-state index is 4.76. The Morgan fingerprint density at radius 3 is 2.84 bits per heavy atom. The van der Waals surface area contributed by atoms with Gasteiger partial charge in [0.15, 0.2) is 11.3 Å². The first-order valence-electron chi connectivity index (χ1n) is 11.8. The number of pyridine rings is 1. The van der Waals surface area contributed by atoms with Crippen molar-refractivity contribution in [3.63, 3.8) is 0 Å². The quantitative estimate of drug-likeness (QED) is 0.495. The summed E-state index contributed by atoms with van der Waals surface area (Å²) in [4.78, 5) is 14.8. The molecule has 1 aliphatic carbocycles. The number of anilines is 1. The van der Waals surface area contributed by atoms with Crippen molar-refractivity contribution in [3.05, 3.63) is 48.2 Å². The molecule has 8 nitrogen and oxygen atoms in total. The van der Waals surface area contributed by atoms with Crippen molar-refractivity contribution < 1.29 is 0 Å². The van der Waals surface area contributed by atoms with E-state index in [4.69, 9.17) is 4.98 Å². The van der Waals surface area contributed by atoms with Crippen molar-refractivity contribution in [3.8, 4) is 0 Å². The third-order valence-electron chi connectivity index (χ3n) is 7.56. The Morgan fingerprint density at radius 2 is 2.06 bits per heavy atom. The molecule has 0 bridgehead atoms. The van der Waals surface area contributed by atoms with Crippen LogP contribution in [0.25, 0.3) is 16.8 Å². The fourth-order valence-electron chi connectivity index (χ4n) is 5.88. The smallest absolute Gasteiger partial charge is 0.179 e. The average molecular weight is 431 g/mol. The molecule has 5 heterocycles. The monoisotopic (exact) mass is 430 g/mol. The molecule has 1 saturated carbocycles. The van der Waals surface area contributed by atoms with Gasteiger partial charge in [0, 0.05) is 30.4 Å². The first-order chi connectivity index (χ1) is 15.7. The summed E-state index contributed by atoms with van der Waals surface area (Å²) in [6.07, 6.45) is 11.5. The van der Waals surface area contributed by atoms with Crippen molar-refractivity contribution in [2.45, 2.75) is 57.0 Å². The van der Waals surface area contributed by atoms with E-state index in [1.54, 1.807) is 6.20 Å². The largest absolute Gasteiger partial charge is 0.367 e. The lowest BCUT2D eigenvalue weighted by molar-refractivity contribution is 0.317. The van der Waals surface area contributed by atoms with Gasteiger partial charge in [-0.05, 0) is 62.9 Å². The predicted molar refractivity (Wildman–Crippen MR) is 125 cm³/mol. The number of hydrogen-bond acceptors (Lipinski definition) is 6. The zero-order valence-corrected chi connectivity index (χ0v) is 18.7. The van der Waals surface area contributed by atoms with Gasteiger partial charge in [-0.3, -0.25) is 9.30 Å². The maximum atomic E-state index is 4.76. The van der Waals surface area contributed by atoms with E-state index in [2.05, 4.69) is 73.2 Å². The highest BCUT2D eigenvalue weighted by molar-refractivity contribution is 5.74. The average Bonchev–Trinajstić information content (AvgIpc) is 3.59. The number of aromatic amines is 1. The van der Waals surface area contributed by atoms with Crippen LogP contribution in [0.5, 0.6) is 0 Å². The minimum Gasteiger partial charge on any atom is -0.367 e. The molecule has 0 aromatic carbocycles. The van der Waals surface area contributed by atoms with Gasteiger partial charge in [0.2, 0.25) is 0 Å². The molecule has 2 fully saturated rings. The van der Waals surface area contributed by atoms with Crippen LogP contribution in [0.1, 0.15) is 62.4 Å². The van der Waals surface area contributed by atoms with Crippen LogP contribution in [0, 0.1) is 5.92 Å². The molecule has 2 aliphatic rings. The molecule has 8 heteroatoms. The van der Waals surface area contributed by atoms with Gasteiger partial charge in [-0.1, -0.05) is 19.4 Å². The molecule has 166 valence electrons. The van der Waals surface area contributed by atoms with E-state index < -0.39 is 0 Å². The van der Waals surface area contributed by atoms with E-state index in [1.807, 2.05) is 6.20 Å². The number of likely N-dealkylation sites (tertiary alicyclic amines) is 1. The normalized spacial score (nSPS) is 26.4. The number of fused-ring (bicyclic) bond motifs is 3. The van der Waals surface area contributed by atoms with Crippen LogP contribution in [0.2, 0.25) is 0 Å². The summed E-state index contributed by atoms with van der Waals surface area (Å²) in [7, 11) is 2.21. The molecular formula is C24H30N8. The van der Waals surface area contributed by atoms with Crippen molar-refractivity contribution in [2.75, 3.05) is 18.9 Å². The number of nitrogens with zero attached hydrogens (tertiary/aromatic N) is 6. The molecule has 32 heavy (non-hydrogen) atoms. The summed E-state index contributed by atoms with van der Waals surface area (Å²) in [5, 5.41) is 12.8. The Kier molecular flexibility index (Phi) is 4.82. The van der Waals surface area contributed by atoms with Gasteiger partial charge in [-0.2, -0.15) is 0 Å². The standard InChI is InChI=1S/C24H30N8/c1-3-15-11-17(28-21-7-6-16(13-26-21)19-5-4-10-31(19)2)12-18(15)24-30-29-22-14-27-23-20(32(22)24)8-9-25-23/h6-9,13-15,17-19,25H,3-5,10-12H2,1-2H3,(H,26,28)/t15-,17?,18+,19-/m0/s1. The summed E-state index contributed by atoms with van der Waals surface area (Å²) in [5.41, 5.74) is 4.05. The molecule has 0 amide bonds. The van der Waals surface area contributed by atoms with Crippen molar-refractivity contribution in [1.82, 2.24) is 34.4 Å². The maximum Gasteiger partial charge on any atom is 0.179 e. The van der Waals surface area contributed by atoms with Crippen LogP contribution in [0.15, 0.2) is 36.8 Å². The molecule has 0 spiro atoms. The summed E-state index contributed by atoms with van der Waals surface area (Å²) in [6.45, 7) is 3.46. The Morgan fingerprint density at radius 1 is 1.12 bits per heavy atom. The molecule has 1 aliphatic heterocycles. The second-order valence-electron chi connectivity index (χ2n) is 9.42. The first kappa shape index (κ1) is 19.7. The van der Waals surface area contributed by atoms with Crippen LogP contribution in [-0.4, -0.2) is 54.1 Å². The van der Waals surface area contributed by atoms with Crippen LogP contribution >= 0.6 is 0 Å². The number of nitrogens with one attached hydrogen (secondary N) is 2. The van der Waals surface area contributed by atoms with E-state index >= 15 is 0 Å². The van der Waals surface area contributed by atoms with Gasteiger partial charge >= 0.3 is 0 Å². The summed E-state index contributed by atoms with van der Waals surface area (Å²) >= 11 is 0. The van der Waals surface area contributed by atoms with E-state index in [9.17, 15) is 0 Å². The van der Waals surface area contributed by atoms with E-state index in [1.165, 1.54) is 24.9 Å². The second-order valence-corrected chi connectivity index (χ2v) is 9.42. The van der Waals surface area contributed by atoms with Crippen LogP contribution in [-0.2, 0) is 0 Å². The number of rotatable bonds is 5.